The first-order chi connectivity index (χ1) is 13.7. The molecule has 0 spiro atoms. The molecule has 1 aliphatic heterocycles. The zero-order chi connectivity index (χ0) is 19.3. The molecular formula is C23H21N3O2. The Balaban J connectivity index is 1.44. The van der Waals surface area contributed by atoms with Crippen molar-refractivity contribution in [3.8, 4) is 0 Å². The summed E-state index contributed by atoms with van der Waals surface area (Å²) in [5.74, 6) is -0.435. The van der Waals surface area contributed by atoms with Gasteiger partial charge in [-0.25, -0.2) is 4.98 Å². The van der Waals surface area contributed by atoms with Crippen LogP contribution in [0.1, 0.15) is 37.7 Å². The minimum absolute atomic E-state index is 0.146. The predicted molar refractivity (Wildman–Crippen MR) is 107 cm³/mol. The normalized spacial score (nSPS) is 12.9. The summed E-state index contributed by atoms with van der Waals surface area (Å²) < 4.78 is 0. The molecule has 4 rings (SSSR count). The van der Waals surface area contributed by atoms with E-state index in [2.05, 4.69) is 22.4 Å². The molecule has 0 saturated heterocycles. The van der Waals surface area contributed by atoms with Crippen molar-refractivity contribution in [2.24, 2.45) is 0 Å². The van der Waals surface area contributed by atoms with E-state index in [0.717, 1.165) is 12.0 Å². The van der Waals surface area contributed by atoms with Gasteiger partial charge < -0.3 is 10.2 Å². The molecule has 1 N–H and O–H groups in total. The molecule has 0 radical (unpaired) electrons. The average Bonchev–Trinajstić information content (AvgIpc) is 2.77. The maximum absolute atomic E-state index is 12.9. The van der Waals surface area contributed by atoms with Crippen LogP contribution < -0.4 is 5.32 Å². The molecule has 28 heavy (non-hydrogen) atoms. The highest BCUT2D eigenvalue weighted by atomic mass is 16.2. The third-order valence-electron chi connectivity index (χ3n) is 4.91. The third kappa shape index (κ3) is 3.93. The van der Waals surface area contributed by atoms with E-state index in [1.807, 2.05) is 42.5 Å². The Labute approximate surface area is 164 Å². The second kappa shape index (κ2) is 8.05. The van der Waals surface area contributed by atoms with E-state index in [9.17, 15) is 9.59 Å². The Morgan fingerprint density at radius 3 is 2.39 bits per heavy atom. The van der Waals surface area contributed by atoms with Crippen LogP contribution in [-0.4, -0.2) is 28.2 Å². The molecule has 2 heterocycles. The highest BCUT2D eigenvalue weighted by Crippen LogP contribution is 2.20. The highest BCUT2D eigenvalue weighted by Gasteiger charge is 2.23. The van der Waals surface area contributed by atoms with Gasteiger partial charge in [0.25, 0.3) is 11.8 Å². The minimum Gasteiger partial charge on any atom is -0.347 e. The lowest BCUT2D eigenvalue weighted by Gasteiger charge is -2.28. The van der Waals surface area contributed by atoms with Crippen LogP contribution in [0.2, 0.25) is 0 Å². The largest absolute Gasteiger partial charge is 0.347 e. The molecule has 140 valence electrons. The summed E-state index contributed by atoms with van der Waals surface area (Å²) in [5.41, 5.74) is 4.01. The van der Waals surface area contributed by atoms with Crippen LogP contribution in [0, 0.1) is 0 Å². The summed E-state index contributed by atoms with van der Waals surface area (Å²) in [6.07, 6.45) is 0.833. The fourth-order valence-electron chi connectivity index (χ4n) is 3.38. The highest BCUT2D eigenvalue weighted by molar-refractivity contribution is 5.96. The van der Waals surface area contributed by atoms with Gasteiger partial charge in [-0.3, -0.25) is 9.59 Å². The predicted octanol–water partition coefficient (Wildman–Crippen LogP) is 3.21. The number of nitrogens with zero attached hydrogens (tertiary/aromatic N) is 2. The quantitative estimate of drug-likeness (QED) is 0.766. The number of aromatic nitrogens is 1. The van der Waals surface area contributed by atoms with Crippen LogP contribution in [-0.2, 0) is 19.5 Å². The molecule has 1 aliphatic rings. The van der Waals surface area contributed by atoms with Crippen molar-refractivity contribution in [2.75, 3.05) is 6.54 Å². The fourth-order valence-corrected chi connectivity index (χ4v) is 3.38. The van der Waals surface area contributed by atoms with E-state index in [4.69, 9.17) is 0 Å². The Hall–Kier alpha value is -3.47. The molecule has 0 fully saturated rings. The van der Waals surface area contributed by atoms with Crippen molar-refractivity contribution >= 4 is 11.8 Å². The molecule has 5 nitrogen and oxygen atoms in total. The fraction of sp³-hybridized carbons (Fsp3) is 0.174. The molecule has 2 aromatic carbocycles. The van der Waals surface area contributed by atoms with Crippen molar-refractivity contribution in [1.82, 2.24) is 15.2 Å². The maximum Gasteiger partial charge on any atom is 0.272 e. The molecule has 1 aromatic heterocycles. The van der Waals surface area contributed by atoms with Crippen molar-refractivity contribution in [3.63, 3.8) is 0 Å². The number of benzene rings is 2. The summed E-state index contributed by atoms with van der Waals surface area (Å²) in [7, 11) is 0. The first-order valence-electron chi connectivity index (χ1n) is 9.36. The third-order valence-corrected chi connectivity index (χ3v) is 4.91. The van der Waals surface area contributed by atoms with E-state index in [1.54, 1.807) is 23.1 Å². The summed E-state index contributed by atoms with van der Waals surface area (Å²) in [6.45, 7) is 1.64. The average molecular weight is 371 g/mol. The van der Waals surface area contributed by atoms with Gasteiger partial charge in [0.05, 0.1) is 0 Å². The van der Waals surface area contributed by atoms with Crippen LogP contribution >= 0.6 is 0 Å². The van der Waals surface area contributed by atoms with Gasteiger partial charge in [-0.05, 0) is 35.2 Å². The molecule has 0 unspecified atom stereocenters. The second-order valence-corrected chi connectivity index (χ2v) is 6.82. The number of nitrogens with one attached hydrogen (secondary N) is 1. The molecule has 2 amide bonds. The smallest absolute Gasteiger partial charge is 0.272 e. The number of hydrogen-bond donors (Lipinski definition) is 1. The zero-order valence-electron chi connectivity index (χ0n) is 15.5. The van der Waals surface area contributed by atoms with Crippen LogP contribution in [0.5, 0.6) is 0 Å². The van der Waals surface area contributed by atoms with Crippen molar-refractivity contribution in [2.45, 2.75) is 19.5 Å². The standard InChI is InChI=1S/C23H21N3O2/c27-22(24-15-17-7-2-1-3-8-17)20-11-6-12-21(25-20)23(28)26-14-13-18-9-4-5-10-19(18)16-26/h1-12H,13-16H2,(H,24,27). The minimum atomic E-state index is -0.289. The van der Waals surface area contributed by atoms with Gasteiger partial charge in [0.1, 0.15) is 11.4 Å². The van der Waals surface area contributed by atoms with Gasteiger partial charge in [-0.1, -0.05) is 60.7 Å². The van der Waals surface area contributed by atoms with E-state index < -0.39 is 0 Å². The summed E-state index contributed by atoms with van der Waals surface area (Å²) in [4.78, 5) is 31.4. The number of hydrogen-bond acceptors (Lipinski definition) is 3. The van der Waals surface area contributed by atoms with Gasteiger partial charge in [-0.15, -0.1) is 0 Å². The lowest BCUT2D eigenvalue weighted by atomic mass is 10.00. The van der Waals surface area contributed by atoms with Crippen LogP contribution in [0.25, 0.3) is 0 Å². The van der Waals surface area contributed by atoms with Gasteiger partial charge >= 0.3 is 0 Å². The molecule has 0 atom stereocenters. The SMILES string of the molecule is O=C(NCc1ccccc1)c1cccc(C(=O)N2CCc3ccccc3C2)n1. The molecule has 0 saturated carbocycles. The van der Waals surface area contributed by atoms with Crippen LogP contribution in [0.15, 0.2) is 72.8 Å². The number of carbonyl (C=O) groups excluding carboxylic acids is 2. The summed E-state index contributed by atoms with van der Waals surface area (Å²) in [6, 6.07) is 22.8. The molecule has 0 bridgehead atoms. The van der Waals surface area contributed by atoms with Gasteiger partial charge in [-0.2, -0.15) is 0 Å². The maximum atomic E-state index is 12.9. The second-order valence-electron chi connectivity index (χ2n) is 6.82. The lowest BCUT2D eigenvalue weighted by molar-refractivity contribution is 0.0728. The van der Waals surface area contributed by atoms with Crippen LogP contribution in [0.3, 0.4) is 0 Å². The van der Waals surface area contributed by atoms with Crippen molar-refractivity contribution in [3.05, 3.63) is 101 Å². The Kier molecular flexibility index (Phi) is 5.15. The van der Waals surface area contributed by atoms with E-state index in [1.165, 1.54) is 11.1 Å². The Morgan fingerprint density at radius 1 is 0.857 bits per heavy atom. The molecule has 0 aliphatic carbocycles. The van der Waals surface area contributed by atoms with E-state index in [-0.39, 0.29) is 17.5 Å². The number of carbonyl (C=O) groups is 2. The van der Waals surface area contributed by atoms with Crippen molar-refractivity contribution < 1.29 is 9.59 Å². The number of amides is 2. The van der Waals surface area contributed by atoms with E-state index >= 15 is 0 Å². The van der Waals surface area contributed by atoms with Gasteiger partial charge in [0, 0.05) is 19.6 Å². The summed E-state index contributed by atoms with van der Waals surface area (Å²) >= 11 is 0. The number of rotatable bonds is 4. The molecule has 3 aromatic rings. The first-order valence-corrected chi connectivity index (χ1v) is 9.36. The summed E-state index contributed by atoms with van der Waals surface area (Å²) in [5, 5.41) is 2.85. The lowest BCUT2D eigenvalue weighted by Crippen LogP contribution is -2.36. The topological polar surface area (TPSA) is 62.3 Å². The van der Waals surface area contributed by atoms with Gasteiger partial charge in [0.2, 0.25) is 0 Å². The van der Waals surface area contributed by atoms with Gasteiger partial charge in [0.15, 0.2) is 0 Å². The Morgan fingerprint density at radius 2 is 1.57 bits per heavy atom. The first kappa shape index (κ1) is 17.9. The van der Waals surface area contributed by atoms with Crippen molar-refractivity contribution in [1.29, 1.82) is 0 Å². The monoisotopic (exact) mass is 371 g/mol. The molecular weight excluding hydrogens is 350 g/mol. The number of pyridine rings is 1. The number of fused-ring (bicyclic) bond motifs is 1. The molecule has 5 heteroatoms. The Bertz CT molecular complexity index is 1000. The van der Waals surface area contributed by atoms with E-state index in [0.29, 0.717) is 25.3 Å². The zero-order valence-corrected chi connectivity index (χ0v) is 15.5. The van der Waals surface area contributed by atoms with Crippen LogP contribution in [0.4, 0.5) is 0 Å².